The molecular weight excluding hydrogens is 287 g/mol. The van der Waals surface area contributed by atoms with Crippen molar-refractivity contribution >= 4 is 17.4 Å². The van der Waals surface area contributed by atoms with Crippen LogP contribution >= 0.6 is 11.8 Å². The summed E-state index contributed by atoms with van der Waals surface area (Å²) in [5.74, 6) is -0.327. The van der Waals surface area contributed by atoms with Gasteiger partial charge in [0.2, 0.25) is 5.16 Å². The zero-order valence-corrected chi connectivity index (χ0v) is 11.1. The number of hydrogen-bond donors (Lipinski definition) is 1. The first-order chi connectivity index (χ1) is 9.61. The molecule has 1 aromatic heterocycles. The van der Waals surface area contributed by atoms with E-state index in [1.54, 1.807) is 0 Å². The molecule has 0 spiro atoms. The maximum Gasteiger partial charge on any atom is 0.273 e. The monoisotopic (exact) mass is 298 g/mol. The number of nitrogens with zero attached hydrogens (tertiary/aromatic N) is 5. The smallest absolute Gasteiger partial charge is 0.273 e. The molecule has 2 N–H and O–H groups in total. The molecule has 2 rings (SSSR count). The number of tetrazole rings is 1. The van der Waals surface area contributed by atoms with E-state index in [9.17, 15) is 14.5 Å². The van der Waals surface area contributed by atoms with Crippen molar-refractivity contribution < 1.29 is 9.31 Å². The Labute approximate surface area is 117 Å². The van der Waals surface area contributed by atoms with Gasteiger partial charge in [0, 0.05) is 23.9 Å². The summed E-state index contributed by atoms with van der Waals surface area (Å²) in [5.41, 5.74) is 5.57. The lowest BCUT2D eigenvalue weighted by molar-refractivity contribution is -0.385. The topological polar surface area (TPSA) is 113 Å². The SMILES string of the molecule is NCCn1nnnc1SCc1cc(F)ccc1[N+](=O)[O-]. The highest BCUT2D eigenvalue weighted by atomic mass is 32.2. The molecule has 10 heteroatoms. The van der Waals surface area contributed by atoms with Crippen LogP contribution in [-0.2, 0) is 12.3 Å². The minimum Gasteiger partial charge on any atom is -0.329 e. The summed E-state index contributed by atoms with van der Waals surface area (Å²) in [6.07, 6.45) is 0. The molecule has 0 amide bonds. The van der Waals surface area contributed by atoms with E-state index < -0.39 is 10.7 Å². The van der Waals surface area contributed by atoms with Crippen LogP contribution in [-0.4, -0.2) is 31.7 Å². The van der Waals surface area contributed by atoms with Gasteiger partial charge in [-0.05, 0) is 22.6 Å². The number of benzene rings is 1. The second kappa shape index (κ2) is 6.39. The van der Waals surface area contributed by atoms with Crippen LogP contribution in [0.3, 0.4) is 0 Å². The molecule has 1 aromatic carbocycles. The number of thioether (sulfide) groups is 1. The molecule has 20 heavy (non-hydrogen) atoms. The van der Waals surface area contributed by atoms with Crippen LogP contribution in [0.15, 0.2) is 23.4 Å². The van der Waals surface area contributed by atoms with E-state index in [2.05, 4.69) is 15.5 Å². The van der Waals surface area contributed by atoms with Crippen molar-refractivity contribution in [3.63, 3.8) is 0 Å². The summed E-state index contributed by atoms with van der Waals surface area (Å²) in [4.78, 5) is 10.3. The number of hydrogen-bond acceptors (Lipinski definition) is 7. The first kappa shape index (κ1) is 14.3. The van der Waals surface area contributed by atoms with Crippen molar-refractivity contribution in [2.24, 2.45) is 5.73 Å². The molecule has 0 bridgehead atoms. The highest BCUT2D eigenvalue weighted by Crippen LogP contribution is 2.27. The van der Waals surface area contributed by atoms with E-state index in [0.29, 0.717) is 18.2 Å². The normalized spacial score (nSPS) is 10.7. The molecule has 0 atom stereocenters. The van der Waals surface area contributed by atoms with Crippen molar-refractivity contribution in [3.05, 3.63) is 39.7 Å². The van der Waals surface area contributed by atoms with Crippen LogP contribution in [0.25, 0.3) is 0 Å². The lowest BCUT2D eigenvalue weighted by atomic mass is 10.2. The van der Waals surface area contributed by atoms with Crippen molar-refractivity contribution in [3.8, 4) is 0 Å². The third-order valence-corrected chi connectivity index (χ3v) is 3.44. The molecule has 0 unspecified atom stereocenters. The van der Waals surface area contributed by atoms with Crippen LogP contribution in [0.2, 0.25) is 0 Å². The first-order valence-corrected chi connectivity index (χ1v) is 6.62. The second-order valence-corrected chi connectivity index (χ2v) is 4.73. The van der Waals surface area contributed by atoms with Gasteiger partial charge in [-0.1, -0.05) is 11.8 Å². The lowest BCUT2D eigenvalue weighted by Crippen LogP contribution is -2.12. The number of nitrogens with two attached hydrogens (primary N) is 1. The number of nitro groups is 1. The molecule has 106 valence electrons. The van der Waals surface area contributed by atoms with Gasteiger partial charge in [-0.2, -0.15) is 0 Å². The number of rotatable bonds is 6. The van der Waals surface area contributed by atoms with Gasteiger partial charge in [-0.25, -0.2) is 9.07 Å². The van der Waals surface area contributed by atoms with E-state index in [-0.39, 0.29) is 17.0 Å². The van der Waals surface area contributed by atoms with Gasteiger partial charge in [-0.3, -0.25) is 10.1 Å². The van der Waals surface area contributed by atoms with Gasteiger partial charge in [0.05, 0.1) is 11.5 Å². The molecule has 0 fully saturated rings. The second-order valence-electron chi connectivity index (χ2n) is 3.79. The number of aromatic nitrogens is 4. The number of nitro benzene ring substituents is 1. The zero-order chi connectivity index (χ0) is 14.5. The quantitative estimate of drug-likeness (QED) is 0.480. The Morgan fingerprint density at radius 1 is 1.50 bits per heavy atom. The summed E-state index contributed by atoms with van der Waals surface area (Å²) >= 11 is 1.19. The molecule has 8 nitrogen and oxygen atoms in total. The molecule has 2 aromatic rings. The standard InChI is InChI=1S/C10H11FN6O2S/c11-8-1-2-9(17(18)19)7(5-8)6-20-10-13-14-15-16(10)4-3-12/h1-2,5H,3-4,6,12H2. The van der Waals surface area contributed by atoms with Crippen LogP contribution in [0.1, 0.15) is 5.56 Å². The van der Waals surface area contributed by atoms with Gasteiger partial charge in [0.25, 0.3) is 5.69 Å². The fraction of sp³-hybridized carbons (Fsp3) is 0.300. The fourth-order valence-electron chi connectivity index (χ4n) is 1.55. The Morgan fingerprint density at radius 2 is 2.30 bits per heavy atom. The summed E-state index contributed by atoms with van der Waals surface area (Å²) in [6, 6.07) is 3.35. The predicted octanol–water partition coefficient (Wildman–Crippen LogP) is 0.971. The molecule has 0 radical (unpaired) electrons. The van der Waals surface area contributed by atoms with Crippen LogP contribution in [0.5, 0.6) is 0 Å². The minimum absolute atomic E-state index is 0.128. The Hall–Kier alpha value is -2.07. The average Bonchev–Trinajstić information content (AvgIpc) is 2.84. The highest BCUT2D eigenvalue weighted by molar-refractivity contribution is 7.98. The summed E-state index contributed by atoms with van der Waals surface area (Å²) in [5, 5.41) is 22.4. The summed E-state index contributed by atoms with van der Waals surface area (Å²) < 4.78 is 14.7. The fourth-order valence-corrected chi connectivity index (χ4v) is 2.44. The maximum absolute atomic E-state index is 13.2. The van der Waals surface area contributed by atoms with E-state index in [0.717, 1.165) is 18.2 Å². The molecule has 0 saturated heterocycles. The Bertz CT molecular complexity index is 620. The molecule has 0 aliphatic heterocycles. The van der Waals surface area contributed by atoms with Crippen molar-refractivity contribution in [1.82, 2.24) is 20.2 Å². The van der Waals surface area contributed by atoms with Crippen LogP contribution in [0.4, 0.5) is 10.1 Å². The zero-order valence-electron chi connectivity index (χ0n) is 10.3. The van der Waals surface area contributed by atoms with Gasteiger partial charge >= 0.3 is 0 Å². The van der Waals surface area contributed by atoms with Crippen molar-refractivity contribution in [1.29, 1.82) is 0 Å². The molecule has 0 saturated carbocycles. The van der Waals surface area contributed by atoms with E-state index in [1.807, 2.05) is 0 Å². The minimum atomic E-state index is -0.543. The molecular formula is C10H11FN6O2S. The van der Waals surface area contributed by atoms with E-state index in [4.69, 9.17) is 5.73 Å². The molecule has 0 aliphatic carbocycles. The average molecular weight is 298 g/mol. The molecule has 0 aliphatic rings. The highest BCUT2D eigenvalue weighted by Gasteiger charge is 2.16. The molecule has 1 heterocycles. The van der Waals surface area contributed by atoms with Gasteiger partial charge in [0.1, 0.15) is 5.82 Å². The largest absolute Gasteiger partial charge is 0.329 e. The Kier molecular flexibility index (Phi) is 4.58. The van der Waals surface area contributed by atoms with Gasteiger partial charge in [-0.15, -0.1) is 5.10 Å². The van der Waals surface area contributed by atoms with Crippen LogP contribution < -0.4 is 5.73 Å². The van der Waals surface area contributed by atoms with Crippen molar-refractivity contribution in [2.45, 2.75) is 17.5 Å². The first-order valence-electron chi connectivity index (χ1n) is 5.63. The van der Waals surface area contributed by atoms with Gasteiger partial charge < -0.3 is 5.73 Å². The lowest BCUT2D eigenvalue weighted by Gasteiger charge is -2.04. The predicted molar refractivity (Wildman–Crippen MR) is 69.5 cm³/mol. The van der Waals surface area contributed by atoms with Gasteiger partial charge in [0.15, 0.2) is 0 Å². The van der Waals surface area contributed by atoms with Crippen molar-refractivity contribution in [2.75, 3.05) is 6.54 Å². The van der Waals surface area contributed by atoms with E-state index >= 15 is 0 Å². The summed E-state index contributed by atoms with van der Waals surface area (Å²) in [7, 11) is 0. The summed E-state index contributed by atoms with van der Waals surface area (Å²) in [6.45, 7) is 0.819. The third-order valence-electron chi connectivity index (χ3n) is 2.43. The van der Waals surface area contributed by atoms with Crippen LogP contribution in [0, 0.1) is 15.9 Å². The Morgan fingerprint density at radius 3 is 3.00 bits per heavy atom. The number of halogens is 1. The maximum atomic E-state index is 13.2. The Balaban J connectivity index is 2.16. The third kappa shape index (κ3) is 3.27. The van der Waals surface area contributed by atoms with E-state index in [1.165, 1.54) is 16.4 Å².